The Labute approximate surface area is 64.5 Å². The second-order valence-corrected chi connectivity index (χ2v) is 2.60. The molecule has 66 valence electrons. The van der Waals surface area contributed by atoms with Gasteiger partial charge >= 0.3 is 6.18 Å². The maximum Gasteiger partial charge on any atom is 0.414 e. The summed E-state index contributed by atoms with van der Waals surface area (Å²) in [6.45, 7) is 2.53. The molecular weight excluding hydrogens is 155 g/mol. The zero-order valence-corrected chi connectivity index (χ0v) is 7.08. The highest BCUT2D eigenvalue weighted by molar-refractivity contribution is 5.12. The lowest BCUT2D eigenvalue weighted by Gasteiger charge is -2.17. The zero-order chi connectivity index (χ0) is 9.23. The lowest BCUT2D eigenvalue weighted by molar-refractivity contribution is -0.0931. The first-order chi connectivity index (χ1) is 4.76. The molecule has 0 atom stereocenters. The number of nitrogens with zero attached hydrogens (tertiary/aromatic N) is 1. The van der Waals surface area contributed by atoms with Crippen LogP contribution in [0.5, 0.6) is 0 Å². The van der Waals surface area contributed by atoms with E-state index < -0.39 is 11.7 Å². The zero-order valence-electron chi connectivity index (χ0n) is 7.08. The van der Waals surface area contributed by atoms with E-state index >= 15 is 0 Å². The molecule has 1 nitrogen and oxygen atoms in total. The molecule has 4 heteroatoms. The van der Waals surface area contributed by atoms with Crippen molar-refractivity contribution in [2.75, 3.05) is 14.1 Å². The highest BCUT2D eigenvalue weighted by Crippen LogP contribution is 2.27. The molecule has 0 radical (unpaired) electrons. The predicted octanol–water partition coefficient (Wildman–Crippen LogP) is 2.40. The van der Waals surface area contributed by atoms with Crippen LogP contribution < -0.4 is 0 Å². The average Bonchev–Trinajstić information content (AvgIpc) is 1.82. The number of alkyl halides is 3. The summed E-state index contributed by atoms with van der Waals surface area (Å²) < 4.78 is 35.9. The van der Waals surface area contributed by atoms with Crippen molar-refractivity contribution in [1.29, 1.82) is 0 Å². The number of allylic oxidation sites excluding steroid dienone is 2. The van der Waals surface area contributed by atoms with E-state index in [9.17, 15) is 13.2 Å². The molecule has 0 aromatic heterocycles. The van der Waals surface area contributed by atoms with Gasteiger partial charge in [0.2, 0.25) is 0 Å². The fourth-order valence-corrected chi connectivity index (χ4v) is 0.541. The quantitative estimate of drug-likeness (QED) is 0.579. The molecule has 0 amide bonds. The summed E-state index contributed by atoms with van der Waals surface area (Å²) in [5.74, 6) is 0. The molecule has 0 aliphatic heterocycles. The van der Waals surface area contributed by atoms with E-state index in [-0.39, 0.29) is 5.70 Å². The largest absolute Gasteiger partial charge is 0.414 e. The highest BCUT2D eigenvalue weighted by atomic mass is 19.4. The molecule has 0 fully saturated rings. The summed E-state index contributed by atoms with van der Waals surface area (Å²) in [6.07, 6.45) is -4.20. The summed E-state index contributed by atoms with van der Waals surface area (Å²) in [5, 5.41) is 0. The van der Waals surface area contributed by atoms with Crippen LogP contribution in [-0.4, -0.2) is 25.2 Å². The fraction of sp³-hybridized carbons (Fsp3) is 0.714. The summed E-state index contributed by atoms with van der Waals surface area (Å²) in [5.41, 5.74) is -0.292. The van der Waals surface area contributed by atoms with Gasteiger partial charge in [-0.15, -0.1) is 0 Å². The maximum absolute atomic E-state index is 12.0. The van der Waals surface area contributed by atoms with E-state index in [0.717, 1.165) is 6.92 Å². The van der Waals surface area contributed by atoms with Crippen LogP contribution in [0.4, 0.5) is 13.2 Å². The average molecular weight is 167 g/mol. The van der Waals surface area contributed by atoms with E-state index in [4.69, 9.17) is 0 Å². The van der Waals surface area contributed by atoms with Gasteiger partial charge in [0.25, 0.3) is 0 Å². The van der Waals surface area contributed by atoms with Gasteiger partial charge in [0, 0.05) is 25.4 Å². The van der Waals surface area contributed by atoms with Crippen LogP contribution >= 0.6 is 0 Å². The number of hydrogen-bond acceptors (Lipinski definition) is 1. The van der Waals surface area contributed by atoms with Gasteiger partial charge in [0.1, 0.15) is 0 Å². The Hall–Kier alpha value is -0.670. The molecule has 0 rings (SSSR count). The van der Waals surface area contributed by atoms with Gasteiger partial charge in [-0.1, -0.05) is 0 Å². The molecular formula is C7H12F3N. The molecule has 11 heavy (non-hydrogen) atoms. The van der Waals surface area contributed by atoms with Crippen LogP contribution in [0.25, 0.3) is 0 Å². The summed E-state index contributed by atoms with van der Waals surface area (Å²) in [6, 6.07) is 0. The minimum absolute atomic E-state index is 0.248. The normalized spacial score (nSPS) is 14.5. The Bertz CT molecular complexity index is 167. The monoisotopic (exact) mass is 167 g/mol. The van der Waals surface area contributed by atoms with Gasteiger partial charge in [0.05, 0.1) is 0 Å². The Balaban J connectivity index is 4.67. The topological polar surface area (TPSA) is 3.24 Å². The third kappa shape index (κ3) is 2.82. The highest BCUT2D eigenvalue weighted by Gasteiger charge is 2.32. The predicted molar refractivity (Wildman–Crippen MR) is 38.1 cm³/mol. The lowest BCUT2D eigenvalue weighted by atomic mass is 10.2. The van der Waals surface area contributed by atoms with Crippen molar-refractivity contribution in [3.63, 3.8) is 0 Å². The minimum atomic E-state index is -4.20. The van der Waals surface area contributed by atoms with Gasteiger partial charge in [-0.3, -0.25) is 0 Å². The van der Waals surface area contributed by atoms with Gasteiger partial charge in [0.15, 0.2) is 0 Å². The van der Waals surface area contributed by atoms with Crippen molar-refractivity contribution in [2.45, 2.75) is 20.0 Å². The van der Waals surface area contributed by atoms with Crippen molar-refractivity contribution < 1.29 is 13.2 Å². The van der Waals surface area contributed by atoms with Gasteiger partial charge in [-0.2, -0.15) is 13.2 Å². The lowest BCUT2D eigenvalue weighted by Crippen LogP contribution is -2.18. The van der Waals surface area contributed by atoms with Crippen molar-refractivity contribution in [1.82, 2.24) is 4.90 Å². The third-order valence-electron chi connectivity index (χ3n) is 1.64. The SMILES string of the molecule is C/C(=C(\C)C(F)(F)F)N(C)C. The third-order valence-corrected chi connectivity index (χ3v) is 1.64. The van der Waals surface area contributed by atoms with Gasteiger partial charge < -0.3 is 4.90 Å². The summed E-state index contributed by atoms with van der Waals surface area (Å²) in [7, 11) is 3.18. The van der Waals surface area contributed by atoms with Gasteiger partial charge in [-0.05, 0) is 13.8 Å². The molecule has 0 aromatic rings. The van der Waals surface area contributed by atoms with Crippen LogP contribution in [0.1, 0.15) is 13.8 Å². The van der Waals surface area contributed by atoms with Crippen molar-refractivity contribution in [3.05, 3.63) is 11.3 Å². The first-order valence-electron chi connectivity index (χ1n) is 3.18. The first kappa shape index (κ1) is 10.3. The van der Waals surface area contributed by atoms with Crippen LogP contribution in [0.2, 0.25) is 0 Å². The van der Waals surface area contributed by atoms with E-state index in [1.165, 1.54) is 11.8 Å². The maximum atomic E-state index is 12.0. The van der Waals surface area contributed by atoms with Crippen LogP contribution in [-0.2, 0) is 0 Å². The Morgan fingerprint density at radius 2 is 1.45 bits per heavy atom. The molecule has 0 aliphatic carbocycles. The molecule has 0 bridgehead atoms. The van der Waals surface area contributed by atoms with Crippen molar-refractivity contribution in [2.24, 2.45) is 0 Å². The standard InChI is InChI=1S/C7H12F3N/c1-5(7(8,9)10)6(2)11(3)4/h1-4H3/b6-5-. The molecule has 0 saturated carbocycles. The second-order valence-electron chi connectivity index (χ2n) is 2.60. The van der Waals surface area contributed by atoms with Crippen LogP contribution in [0.3, 0.4) is 0 Å². The smallest absolute Gasteiger partial charge is 0.381 e. The fourth-order valence-electron chi connectivity index (χ4n) is 0.541. The Kier molecular flexibility index (Phi) is 2.96. The molecule has 0 aliphatic rings. The van der Waals surface area contributed by atoms with Crippen molar-refractivity contribution >= 4 is 0 Å². The molecule has 0 heterocycles. The van der Waals surface area contributed by atoms with Crippen molar-refractivity contribution in [3.8, 4) is 0 Å². The van der Waals surface area contributed by atoms with E-state index in [2.05, 4.69) is 0 Å². The molecule has 0 spiro atoms. The molecule has 0 N–H and O–H groups in total. The van der Waals surface area contributed by atoms with Gasteiger partial charge in [-0.25, -0.2) is 0 Å². The van der Waals surface area contributed by atoms with E-state index in [1.807, 2.05) is 0 Å². The molecule has 0 aromatic carbocycles. The number of hydrogen-bond donors (Lipinski definition) is 0. The minimum Gasteiger partial charge on any atom is -0.381 e. The van der Waals surface area contributed by atoms with Crippen LogP contribution in [0, 0.1) is 0 Å². The second kappa shape index (κ2) is 3.15. The molecule has 0 saturated heterocycles. The summed E-state index contributed by atoms with van der Waals surface area (Å²) >= 11 is 0. The van der Waals surface area contributed by atoms with E-state index in [0.29, 0.717) is 0 Å². The molecule has 0 unspecified atom stereocenters. The van der Waals surface area contributed by atoms with Crippen LogP contribution in [0.15, 0.2) is 11.3 Å². The number of rotatable bonds is 1. The first-order valence-corrected chi connectivity index (χ1v) is 3.18. The summed E-state index contributed by atoms with van der Waals surface area (Å²) in [4.78, 5) is 1.45. The van der Waals surface area contributed by atoms with E-state index in [1.54, 1.807) is 14.1 Å². The number of halogens is 3. The Morgan fingerprint density at radius 3 is 1.55 bits per heavy atom. The Morgan fingerprint density at radius 1 is 1.09 bits per heavy atom.